The van der Waals surface area contributed by atoms with E-state index in [-0.39, 0.29) is 0 Å². The fraction of sp³-hybridized carbons (Fsp3) is 0.765. The molecule has 1 saturated carbocycles. The van der Waals surface area contributed by atoms with Crippen LogP contribution >= 0.6 is 11.3 Å². The third kappa shape index (κ3) is 4.57. The maximum atomic E-state index is 3.47. The molecule has 2 nitrogen and oxygen atoms in total. The van der Waals surface area contributed by atoms with Crippen molar-refractivity contribution in [2.75, 3.05) is 26.7 Å². The van der Waals surface area contributed by atoms with Gasteiger partial charge in [0.1, 0.15) is 0 Å². The first kappa shape index (κ1) is 16.0. The molecular weight excluding hydrogens is 264 g/mol. The van der Waals surface area contributed by atoms with Crippen LogP contribution in [0.4, 0.5) is 0 Å². The van der Waals surface area contributed by atoms with Crippen molar-refractivity contribution in [2.45, 2.75) is 52.0 Å². The van der Waals surface area contributed by atoms with Gasteiger partial charge in [-0.2, -0.15) is 0 Å². The summed E-state index contributed by atoms with van der Waals surface area (Å²) in [5, 5.41) is 5.66. The van der Waals surface area contributed by atoms with E-state index in [4.69, 9.17) is 0 Å². The molecule has 0 unspecified atom stereocenters. The fourth-order valence-electron chi connectivity index (χ4n) is 3.62. The minimum atomic E-state index is 0.499. The molecule has 0 radical (unpaired) electrons. The van der Waals surface area contributed by atoms with Gasteiger partial charge in [-0.25, -0.2) is 0 Å². The fourth-order valence-corrected chi connectivity index (χ4v) is 4.37. The van der Waals surface area contributed by atoms with Crippen molar-refractivity contribution in [1.29, 1.82) is 0 Å². The highest BCUT2D eigenvalue weighted by molar-refractivity contribution is 7.09. The van der Waals surface area contributed by atoms with E-state index in [1.807, 2.05) is 11.3 Å². The topological polar surface area (TPSA) is 15.3 Å². The molecule has 1 N–H and O–H groups in total. The SMILES string of the molecule is CCN(Cc1cccs1)CC1(CNC)CCCCCC1. The van der Waals surface area contributed by atoms with Gasteiger partial charge in [-0.15, -0.1) is 11.3 Å². The first-order valence-corrected chi connectivity index (χ1v) is 9.05. The molecule has 1 aliphatic carbocycles. The molecule has 1 aliphatic rings. The molecule has 1 heterocycles. The highest BCUT2D eigenvalue weighted by Gasteiger charge is 2.32. The number of nitrogens with zero attached hydrogens (tertiary/aromatic N) is 1. The summed E-state index contributed by atoms with van der Waals surface area (Å²) in [6.07, 6.45) is 8.49. The van der Waals surface area contributed by atoms with Crippen LogP contribution in [0, 0.1) is 5.41 Å². The van der Waals surface area contributed by atoms with E-state index in [2.05, 4.69) is 41.7 Å². The van der Waals surface area contributed by atoms with E-state index < -0.39 is 0 Å². The summed E-state index contributed by atoms with van der Waals surface area (Å²) in [6, 6.07) is 4.44. The lowest BCUT2D eigenvalue weighted by Gasteiger charge is -2.37. The van der Waals surface area contributed by atoms with Gasteiger partial charge in [-0.05, 0) is 43.3 Å². The van der Waals surface area contributed by atoms with Crippen molar-refractivity contribution in [1.82, 2.24) is 10.2 Å². The number of nitrogens with one attached hydrogen (secondary N) is 1. The minimum absolute atomic E-state index is 0.499. The summed E-state index contributed by atoms with van der Waals surface area (Å²) in [6.45, 7) is 7.01. The molecule has 1 aromatic heterocycles. The Labute approximate surface area is 128 Å². The van der Waals surface area contributed by atoms with Crippen molar-refractivity contribution in [2.24, 2.45) is 5.41 Å². The van der Waals surface area contributed by atoms with E-state index >= 15 is 0 Å². The molecule has 1 fully saturated rings. The van der Waals surface area contributed by atoms with Gasteiger partial charge in [-0.3, -0.25) is 4.90 Å². The minimum Gasteiger partial charge on any atom is -0.319 e. The smallest absolute Gasteiger partial charge is 0.0328 e. The van der Waals surface area contributed by atoms with Crippen LogP contribution < -0.4 is 5.32 Å². The molecule has 0 spiro atoms. The summed E-state index contributed by atoms with van der Waals surface area (Å²) in [7, 11) is 2.11. The molecule has 2 rings (SSSR count). The Balaban J connectivity index is 2.00. The van der Waals surface area contributed by atoms with E-state index in [1.165, 1.54) is 56.5 Å². The van der Waals surface area contributed by atoms with Crippen LogP contribution in [-0.4, -0.2) is 31.6 Å². The standard InChI is InChI=1S/C17H30N2S/c1-3-19(13-16-9-8-12-20-16)15-17(14-18-2)10-6-4-5-7-11-17/h8-9,12,18H,3-7,10-11,13-15H2,1-2H3. The number of rotatable bonds is 7. The average molecular weight is 295 g/mol. The van der Waals surface area contributed by atoms with Crippen molar-refractivity contribution >= 4 is 11.3 Å². The molecule has 0 amide bonds. The van der Waals surface area contributed by atoms with E-state index in [0.29, 0.717) is 5.41 Å². The van der Waals surface area contributed by atoms with E-state index in [1.54, 1.807) is 0 Å². The number of hydrogen-bond donors (Lipinski definition) is 1. The lowest BCUT2D eigenvalue weighted by Crippen LogP contribution is -2.43. The van der Waals surface area contributed by atoms with Gasteiger partial charge >= 0.3 is 0 Å². The zero-order chi connectivity index (χ0) is 14.3. The lowest BCUT2D eigenvalue weighted by molar-refractivity contribution is 0.128. The summed E-state index contributed by atoms with van der Waals surface area (Å²) in [5.41, 5.74) is 0.499. The summed E-state index contributed by atoms with van der Waals surface area (Å²) in [5.74, 6) is 0. The van der Waals surface area contributed by atoms with Crippen LogP contribution in [0.5, 0.6) is 0 Å². The first-order valence-electron chi connectivity index (χ1n) is 8.17. The van der Waals surface area contributed by atoms with Gasteiger partial charge in [0.15, 0.2) is 0 Å². The van der Waals surface area contributed by atoms with E-state index in [9.17, 15) is 0 Å². The Morgan fingerprint density at radius 3 is 2.55 bits per heavy atom. The normalized spacial score (nSPS) is 19.1. The van der Waals surface area contributed by atoms with Crippen LogP contribution in [0.25, 0.3) is 0 Å². The van der Waals surface area contributed by atoms with Gasteiger partial charge in [0.05, 0.1) is 0 Å². The number of thiophene rings is 1. The molecule has 0 saturated heterocycles. The van der Waals surface area contributed by atoms with Crippen molar-refractivity contribution < 1.29 is 0 Å². The monoisotopic (exact) mass is 294 g/mol. The second kappa shape index (κ2) is 8.16. The Hall–Kier alpha value is -0.380. The van der Waals surface area contributed by atoms with Gasteiger partial charge in [0, 0.05) is 24.5 Å². The Morgan fingerprint density at radius 2 is 2.00 bits per heavy atom. The third-order valence-corrected chi connectivity index (χ3v) is 5.54. The first-order chi connectivity index (χ1) is 9.78. The highest BCUT2D eigenvalue weighted by atomic mass is 32.1. The van der Waals surface area contributed by atoms with Gasteiger partial charge in [0.25, 0.3) is 0 Å². The van der Waals surface area contributed by atoms with Crippen molar-refractivity contribution in [3.8, 4) is 0 Å². The van der Waals surface area contributed by atoms with Crippen LogP contribution in [0.2, 0.25) is 0 Å². The molecule has 0 aromatic carbocycles. The van der Waals surface area contributed by atoms with Crippen LogP contribution in [0.1, 0.15) is 50.3 Å². The van der Waals surface area contributed by atoms with Crippen LogP contribution in [0.15, 0.2) is 17.5 Å². The van der Waals surface area contributed by atoms with Crippen LogP contribution in [0.3, 0.4) is 0 Å². The molecule has 3 heteroatoms. The maximum absolute atomic E-state index is 3.47. The summed E-state index contributed by atoms with van der Waals surface area (Å²) in [4.78, 5) is 4.15. The molecule has 114 valence electrons. The Kier molecular flexibility index (Phi) is 6.53. The predicted octanol–water partition coefficient (Wildman–Crippen LogP) is 4.13. The number of hydrogen-bond acceptors (Lipinski definition) is 3. The van der Waals surface area contributed by atoms with E-state index in [0.717, 1.165) is 13.1 Å². The Bertz CT molecular complexity index is 353. The largest absolute Gasteiger partial charge is 0.319 e. The van der Waals surface area contributed by atoms with Gasteiger partial charge in [0.2, 0.25) is 0 Å². The second-order valence-corrected chi connectivity index (χ2v) is 7.36. The third-order valence-electron chi connectivity index (χ3n) is 4.68. The van der Waals surface area contributed by atoms with Gasteiger partial charge in [-0.1, -0.05) is 38.7 Å². The lowest BCUT2D eigenvalue weighted by atomic mass is 9.79. The van der Waals surface area contributed by atoms with Crippen molar-refractivity contribution in [3.05, 3.63) is 22.4 Å². The average Bonchev–Trinajstić information content (AvgIpc) is 2.85. The zero-order valence-electron chi connectivity index (χ0n) is 13.2. The molecule has 0 aliphatic heterocycles. The van der Waals surface area contributed by atoms with Crippen molar-refractivity contribution in [3.63, 3.8) is 0 Å². The Morgan fingerprint density at radius 1 is 1.25 bits per heavy atom. The summed E-state index contributed by atoms with van der Waals surface area (Å²) < 4.78 is 0. The highest BCUT2D eigenvalue weighted by Crippen LogP contribution is 2.35. The molecule has 20 heavy (non-hydrogen) atoms. The van der Waals surface area contributed by atoms with Gasteiger partial charge < -0.3 is 5.32 Å². The molecule has 0 bridgehead atoms. The molecule has 0 atom stereocenters. The maximum Gasteiger partial charge on any atom is 0.0328 e. The second-order valence-electron chi connectivity index (χ2n) is 6.33. The molecular formula is C17H30N2S. The predicted molar refractivity (Wildman–Crippen MR) is 89.3 cm³/mol. The quantitative estimate of drug-likeness (QED) is 0.761. The zero-order valence-corrected chi connectivity index (χ0v) is 14.0. The molecule has 1 aromatic rings. The summed E-state index contributed by atoms with van der Waals surface area (Å²) >= 11 is 1.89. The van der Waals surface area contributed by atoms with Crippen LogP contribution in [-0.2, 0) is 6.54 Å².